The summed E-state index contributed by atoms with van der Waals surface area (Å²) in [6, 6.07) is 6.93. The number of ether oxygens (including phenoxy) is 1. The van der Waals surface area contributed by atoms with Crippen molar-refractivity contribution >= 4 is 39.6 Å². The minimum atomic E-state index is -0.477. The van der Waals surface area contributed by atoms with Gasteiger partial charge in [-0.15, -0.1) is 11.8 Å². The first kappa shape index (κ1) is 20.7. The topological polar surface area (TPSA) is 46.6 Å². The van der Waals surface area contributed by atoms with Gasteiger partial charge in [-0.25, -0.2) is 4.79 Å². The van der Waals surface area contributed by atoms with Crippen LogP contribution in [0.4, 0.5) is 0 Å². The molecule has 2 atom stereocenters. The fourth-order valence-corrected chi connectivity index (χ4v) is 5.79. The molecule has 0 radical (unpaired) electrons. The molecule has 0 spiro atoms. The maximum Gasteiger partial charge on any atom is 0.329 e. The van der Waals surface area contributed by atoms with Crippen LogP contribution in [0.5, 0.6) is 0 Å². The van der Waals surface area contributed by atoms with Crippen LogP contribution in [0.2, 0.25) is 0 Å². The second-order valence-electron chi connectivity index (χ2n) is 7.38. The van der Waals surface area contributed by atoms with Crippen molar-refractivity contribution in [2.45, 2.75) is 63.3 Å². The molecule has 0 N–H and O–H groups in total. The van der Waals surface area contributed by atoms with E-state index >= 15 is 0 Å². The van der Waals surface area contributed by atoms with Crippen LogP contribution >= 0.6 is 27.7 Å². The molecule has 1 saturated carbocycles. The molecule has 2 unspecified atom stereocenters. The molecular formula is C21H28BrNO3S. The lowest BCUT2D eigenvalue weighted by atomic mass is 9.88. The molecule has 1 aliphatic heterocycles. The van der Waals surface area contributed by atoms with Crippen LogP contribution in [-0.4, -0.2) is 40.6 Å². The van der Waals surface area contributed by atoms with Gasteiger partial charge in [-0.1, -0.05) is 48.5 Å². The van der Waals surface area contributed by atoms with Gasteiger partial charge in [-0.2, -0.15) is 0 Å². The summed E-state index contributed by atoms with van der Waals surface area (Å²) >= 11 is 5.17. The largest absolute Gasteiger partial charge is 0.464 e. The van der Waals surface area contributed by atoms with Crippen molar-refractivity contribution in [1.29, 1.82) is 0 Å². The number of carbonyl (C=O) groups excluding carboxylic acids is 2. The lowest BCUT2D eigenvalue weighted by Gasteiger charge is -2.35. The number of halogens is 1. The number of unbranched alkanes of at least 4 members (excludes halogenated alkanes) is 1. The summed E-state index contributed by atoms with van der Waals surface area (Å²) < 4.78 is 6.42. The summed E-state index contributed by atoms with van der Waals surface area (Å²) in [5.41, 5.74) is 0.632. The van der Waals surface area contributed by atoms with Crippen LogP contribution in [0.1, 0.15) is 62.2 Å². The molecule has 6 heteroatoms. The molecule has 148 valence electrons. The molecule has 0 aromatic heterocycles. The fourth-order valence-electron chi connectivity index (χ4n) is 3.90. The van der Waals surface area contributed by atoms with E-state index in [4.69, 9.17) is 4.74 Å². The Morgan fingerprint density at radius 2 is 1.89 bits per heavy atom. The van der Waals surface area contributed by atoms with E-state index in [1.54, 1.807) is 11.8 Å². The maximum atomic E-state index is 13.3. The molecule has 1 aromatic carbocycles. The Balaban J connectivity index is 1.80. The SMILES string of the molecule is CCCCOC(=O)C1CSC(C2CCCCC2)N1C(=O)c1ccc(Br)cc1. The number of hydrogen-bond donors (Lipinski definition) is 0. The van der Waals surface area contributed by atoms with Crippen LogP contribution in [-0.2, 0) is 9.53 Å². The number of hydrogen-bond acceptors (Lipinski definition) is 4. The van der Waals surface area contributed by atoms with Crippen LogP contribution in [0.15, 0.2) is 28.7 Å². The van der Waals surface area contributed by atoms with Gasteiger partial charge in [0.2, 0.25) is 0 Å². The lowest BCUT2D eigenvalue weighted by molar-refractivity contribution is -0.148. The third-order valence-electron chi connectivity index (χ3n) is 5.43. The van der Waals surface area contributed by atoms with E-state index in [-0.39, 0.29) is 17.3 Å². The quantitative estimate of drug-likeness (QED) is 0.435. The second-order valence-corrected chi connectivity index (χ2v) is 9.44. The van der Waals surface area contributed by atoms with Crippen molar-refractivity contribution in [2.75, 3.05) is 12.4 Å². The van der Waals surface area contributed by atoms with E-state index in [1.165, 1.54) is 19.3 Å². The van der Waals surface area contributed by atoms with Gasteiger partial charge in [0, 0.05) is 15.8 Å². The van der Waals surface area contributed by atoms with Crippen molar-refractivity contribution in [3.05, 3.63) is 34.3 Å². The molecule has 1 saturated heterocycles. The van der Waals surface area contributed by atoms with Gasteiger partial charge in [-0.05, 0) is 49.4 Å². The average molecular weight is 454 g/mol. The molecule has 2 fully saturated rings. The van der Waals surface area contributed by atoms with Crippen molar-refractivity contribution in [2.24, 2.45) is 5.92 Å². The van der Waals surface area contributed by atoms with E-state index in [2.05, 4.69) is 22.9 Å². The number of thioether (sulfide) groups is 1. The predicted octanol–water partition coefficient (Wildman–Crippen LogP) is 5.26. The number of amides is 1. The van der Waals surface area contributed by atoms with Gasteiger partial charge in [0.05, 0.1) is 12.0 Å². The van der Waals surface area contributed by atoms with Crippen molar-refractivity contribution in [3.63, 3.8) is 0 Å². The highest BCUT2D eigenvalue weighted by atomic mass is 79.9. The van der Waals surface area contributed by atoms with Gasteiger partial charge in [0.25, 0.3) is 5.91 Å². The molecule has 1 aliphatic carbocycles. The van der Waals surface area contributed by atoms with Crippen molar-refractivity contribution in [3.8, 4) is 0 Å². The summed E-state index contributed by atoms with van der Waals surface area (Å²) in [6.07, 6.45) is 7.83. The molecule has 27 heavy (non-hydrogen) atoms. The van der Waals surface area contributed by atoms with Gasteiger partial charge in [0.1, 0.15) is 6.04 Å². The highest BCUT2D eigenvalue weighted by molar-refractivity contribution is 9.10. The molecule has 3 rings (SSSR count). The van der Waals surface area contributed by atoms with Gasteiger partial charge < -0.3 is 9.64 Å². The molecule has 0 bridgehead atoms. The Kier molecular flexibility index (Phi) is 7.65. The minimum absolute atomic E-state index is 0.0551. The Bertz CT molecular complexity index is 645. The highest BCUT2D eigenvalue weighted by Crippen LogP contribution is 2.41. The van der Waals surface area contributed by atoms with Crippen LogP contribution in [0.3, 0.4) is 0 Å². The number of esters is 1. The van der Waals surface area contributed by atoms with E-state index in [1.807, 2.05) is 29.2 Å². The fraction of sp³-hybridized carbons (Fsp3) is 0.619. The summed E-state index contributed by atoms with van der Waals surface area (Å²) in [5, 5.41) is 0.0742. The molecule has 1 aromatic rings. The first-order valence-corrected chi connectivity index (χ1v) is 11.8. The minimum Gasteiger partial charge on any atom is -0.464 e. The van der Waals surface area contributed by atoms with E-state index < -0.39 is 6.04 Å². The third-order valence-corrected chi connectivity index (χ3v) is 7.42. The number of carbonyl (C=O) groups is 2. The first-order chi connectivity index (χ1) is 13.1. The highest BCUT2D eigenvalue weighted by Gasteiger charge is 2.45. The first-order valence-electron chi connectivity index (χ1n) is 9.98. The maximum absolute atomic E-state index is 13.3. The Labute approximate surface area is 174 Å². The summed E-state index contributed by atoms with van der Waals surface area (Å²) in [4.78, 5) is 27.9. The Morgan fingerprint density at radius 1 is 1.19 bits per heavy atom. The Morgan fingerprint density at radius 3 is 2.56 bits per heavy atom. The molecular weight excluding hydrogens is 426 g/mol. The smallest absolute Gasteiger partial charge is 0.329 e. The number of nitrogens with zero attached hydrogens (tertiary/aromatic N) is 1. The molecule has 1 heterocycles. The van der Waals surface area contributed by atoms with Gasteiger partial charge >= 0.3 is 5.97 Å². The summed E-state index contributed by atoms with van der Waals surface area (Å²) in [7, 11) is 0. The van der Waals surface area contributed by atoms with E-state index in [9.17, 15) is 9.59 Å². The van der Waals surface area contributed by atoms with Gasteiger partial charge in [0.15, 0.2) is 0 Å². The van der Waals surface area contributed by atoms with Gasteiger partial charge in [-0.3, -0.25) is 4.79 Å². The molecule has 1 amide bonds. The summed E-state index contributed by atoms with van der Waals surface area (Å²) in [6.45, 7) is 2.51. The van der Waals surface area contributed by atoms with Crippen LogP contribution < -0.4 is 0 Å². The average Bonchev–Trinajstić information content (AvgIpc) is 3.14. The monoisotopic (exact) mass is 453 g/mol. The normalized spacial score (nSPS) is 23.4. The zero-order valence-electron chi connectivity index (χ0n) is 15.9. The lowest BCUT2D eigenvalue weighted by Crippen LogP contribution is -2.48. The number of rotatable bonds is 6. The van der Waals surface area contributed by atoms with E-state index in [0.29, 0.717) is 23.8 Å². The van der Waals surface area contributed by atoms with Crippen molar-refractivity contribution in [1.82, 2.24) is 4.90 Å². The molecule has 4 nitrogen and oxygen atoms in total. The standard InChI is InChI=1S/C21H28BrNO3S/c1-2-3-13-26-21(25)18-14-27-20(16-7-5-4-6-8-16)23(18)19(24)15-9-11-17(22)12-10-15/h9-12,16,18,20H,2-8,13-14H2,1H3. The Hall–Kier alpha value is -1.01. The summed E-state index contributed by atoms with van der Waals surface area (Å²) in [5.74, 6) is 0.797. The van der Waals surface area contributed by atoms with Crippen LogP contribution in [0.25, 0.3) is 0 Å². The number of benzene rings is 1. The van der Waals surface area contributed by atoms with Crippen LogP contribution in [0, 0.1) is 5.92 Å². The zero-order chi connectivity index (χ0) is 19.2. The van der Waals surface area contributed by atoms with Crippen molar-refractivity contribution < 1.29 is 14.3 Å². The molecule has 2 aliphatic rings. The zero-order valence-corrected chi connectivity index (χ0v) is 18.3. The van der Waals surface area contributed by atoms with E-state index in [0.717, 1.165) is 30.2 Å². The predicted molar refractivity (Wildman–Crippen MR) is 113 cm³/mol. The third kappa shape index (κ3) is 5.08. The second kappa shape index (κ2) is 9.97.